The summed E-state index contributed by atoms with van der Waals surface area (Å²) in [5, 5.41) is 13.7. The predicted molar refractivity (Wildman–Crippen MR) is 60.6 cm³/mol. The van der Waals surface area contributed by atoms with Crippen molar-refractivity contribution in [2.24, 2.45) is 0 Å². The second-order valence-electron chi connectivity index (χ2n) is 3.43. The largest absolute Gasteiger partial charge is 0.391 e. The Bertz CT molecular complexity index is 300. The van der Waals surface area contributed by atoms with Gasteiger partial charge in [-0.3, -0.25) is 0 Å². The Labute approximate surface area is 88.3 Å². The van der Waals surface area contributed by atoms with Gasteiger partial charge in [-0.2, -0.15) is 4.37 Å². The average Bonchev–Trinajstić information content (AvgIpc) is 2.48. The van der Waals surface area contributed by atoms with E-state index in [4.69, 9.17) is 5.73 Å². The quantitative estimate of drug-likeness (QED) is 0.713. The molecule has 0 aliphatic rings. The summed E-state index contributed by atoms with van der Waals surface area (Å²) in [5.41, 5.74) is 6.58. The first-order valence-electron chi connectivity index (χ1n) is 4.72. The molecule has 0 aliphatic heterocycles. The zero-order valence-corrected chi connectivity index (χ0v) is 9.56. The lowest BCUT2D eigenvalue weighted by Gasteiger charge is -2.19. The van der Waals surface area contributed by atoms with Crippen molar-refractivity contribution in [3.05, 3.63) is 5.56 Å². The molecule has 1 aromatic rings. The highest BCUT2D eigenvalue weighted by atomic mass is 32.1. The SMILES string of the molecule is CCC(O)C(C)Nc1snc(N)c1C. The zero-order chi connectivity index (χ0) is 10.7. The molecule has 0 fully saturated rings. The minimum absolute atomic E-state index is 0.0264. The summed E-state index contributed by atoms with van der Waals surface area (Å²) in [4.78, 5) is 0. The molecule has 4 nitrogen and oxygen atoms in total. The monoisotopic (exact) mass is 215 g/mol. The Balaban J connectivity index is 2.64. The average molecular weight is 215 g/mol. The minimum Gasteiger partial charge on any atom is -0.391 e. The number of aliphatic hydroxyl groups is 1. The molecule has 2 atom stereocenters. The van der Waals surface area contributed by atoms with Gasteiger partial charge in [0, 0.05) is 5.56 Å². The van der Waals surface area contributed by atoms with Crippen LogP contribution in [0.25, 0.3) is 0 Å². The van der Waals surface area contributed by atoms with Crippen LogP contribution in [0, 0.1) is 6.92 Å². The molecule has 1 aromatic heterocycles. The highest BCUT2D eigenvalue weighted by molar-refractivity contribution is 7.10. The molecule has 1 heterocycles. The van der Waals surface area contributed by atoms with E-state index in [-0.39, 0.29) is 12.1 Å². The number of nitrogens with zero attached hydrogens (tertiary/aromatic N) is 1. The molecule has 0 amide bonds. The lowest BCUT2D eigenvalue weighted by molar-refractivity contribution is 0.154. The van der Waals surface area contributed by atoms with Gasteiger partial charge in [-0.05, 0) is 31.8 Å². The molecule has 0 aromatic carbocycles. The van der Waals surface area contributed by atoms with Gasteiger partial charge in [0.25, 0.3) is 0 Å². The first-order chi connectivity index (χ1) is 6.56. The zero-order valence-electron chi connectivity index (χ0n) is 8.74. The van der Waals surface area contributed by atoms with E-state index in [2.05, 4.69) is 9.69 Å². The van der Waals surface area contributed by atoms with E-state index in [1.165, 1.54) is 11.5 Å². The molecule has 0 aliphatic carbocycles. The van der Waals surface area contributed by atoms with Crippen LogP contribution >= 0.6 is 11.5 Å². The van der Waals surface area contributed by atoms with Gasteiger partial charge in [0.15, 0.2) is 0 Å². The highest BCUT2D eigenvalue weighted by Gasteiger charge is 2.14. The molecule has 5 heteroatoms. The number of hydrogen-bond donors (Lipinski definition) is 3. The topological polar surface area (TPSA) is 71.2 Å². The molecule has 1 rings (SSSR count). The van der Waals surface area contributed by atoms with Crippen molar-refractivity contribution >= 4 is 22.4 Å². The molecule has 0 spiro atoms. The molecule has 4 N–H and O–H groups in total. The van der Waals surface area contributed by atoms with Gasteiger partial charge in [0.1, 0.15) is 10.8 Å². The Morgan fingerprint density at radius 1 is 1.64 bits per heavy atom. The van der Waals surface area contributed by atoms with E-state index in [0.717, 1.165) is 17.0 Å². The number of aromatic nitrogens is 1. The molecule has 0 saturated carbocycles. The van der Waals surface area contributed by atoms with Crippen LogP contribution in [0.4, 0.5) is 10.8 Å². The van der Waals surface area contributed by atoms with Crippen molar-refractivity contribution in [1.82, 2.24) is 4.37 Å². The summed E-state index contributed by atoms with van der Waals surface area (Å²) in [6.45, 7) is 5.83. The highest BCUT2D eigenvalue weighted by Crippen LogP contribution is 2.26. The van der Waals surface area contributed by atoms with E-state index in [0.29, 0.717) is 5.82 Å². The maximum absolute atomic E-state index is 9.58. The van der Waals surface area contributed by atoms with Gasteiger partial charge in [-0.15, -0.1) is 0 Å². The molecule has 0 radical (unpaired) electrons. The standard InChI is InChI=1S/C9H17N3OS/c1-4-7(13)6(3)11-9-5(2)8(10)12-14-9/h6-7,11,13H,4H2,1-3H3,(H2,10,12). The number of hydrogen-bond acceptors (Lipinski definition) is 5. The fourth-order valence-electron chi connectivity index (χ4n) is 1.14. The summed E-state index contributed by atoms with van der Waals surface area (Å²) in [7, 11) is 0. The van der Waals surface area contributed by atoms with Gasteiger partial charge in [0.05, 0.1) is 12.1 Å². The number of aliphatic hydroxyl groups excluding tert-OH is 1. The maximum atomic E-state index is 9.58. The first kappa shape index (κ1) is 11.3. The van der Waals surface area contributed by atoms with Crippen LogP contribution in [0.1, 0.15) is 25.8 Å². The minimum atomic E-state index is -0.335. The van der Waals surface area contributed by atoms with Crippen molar-refractivity contribution in [2.75, 3.05) is 11.1 Å². The third-order valence-electron chi connectivity index (χ3n) is 2.31. The van der Waals surface area contributed by atoms with Crippen LogP contribution in [0.2, 0.25) is 0 Å². The number of nitrogens with two attached hydrogens (primary N) is 1. The summed E-state index contributed by atoms with van der Waals surface area (Å²) in [5.74, 6) is 0.565. The van der Waals surface area contributed by atoms with Crippen molar-refractivity contribution in [3.63, 3.8) is 0 Å². The Morgan fingerprint density at radius 3 is 2.71 bits per heavy atom. The Hall–Kier alpha value is -0.810. The van der Waals surface area contributed by atoms with Crippen LogP contribution in [0.15, 0.2) is 0 Å². The van der Waals surface area contributed by atoms with Crippen molar-refractivity contribution in [2.45, 2.75) is 39.3 Å². The Kier molecular flexibility index (Phi) is 3.71. The maximum Gasteiger partial charge on any atom is 0.142 e. The van der Waals surface area contributed by atoms with Gasteiger partial charge in [-0.25, -0.2) is 0 Å². The molecule has 0 bridgehead atoms. The van der Waals surface area contributed by atoms with Crippen LogP contribution in [0.3, 0.4) is 0 Å². The molecule has 80 valence electrons. The van der Waals surface area contributed by atoms with Crippen LogP contribution in [-0.4, -0.2) is 21.6 Å². The van der Waals surface area contributed by atoms with E-state index < -0.39 is 0 Å². The molecular weight excluding hydrogens is 198 g/mol. The van der Waals surface area contributed by atoms with E-state index in [1.54, 1.807) is 0 Å². The van der Waals surface area contributed by atoms with Crippen molar-refractivity contribution in [3.8, 4) is 0 Å². The predicted octanol–water partition coefficient (Wildman–Crippen LogP) is 1.61. The lowest BCUT2D eigenvalue weighted by Crippen LogP contribution is -2.29. The van der Waals surface area contributed by atoms with Crippen LogP contribution in [-0.2, 0) is 0 Å². The molecule has 2 unspecified atom stereocenters. The van der Waals surface area contributed by atoms with E-state index in [9.17, 15) is 5.11 Å². The smallest absolute Gasteiger partial charge is 0.142 e. The summed E-state index contributed by atoms with van der Waals surface area (Å²) < 4.78 is 4.03. The van der Waals surface area contributed by atoms with E-state index >= 15 is 0 Å². The normalized spacial score (nSPS) is 15.1. The van der Waals surface area contributed by atoms with Gasteiger partial charge in [0.2, 0.25) is 0 Å². The second-order valence-corrected chi connectivity index (χ2v) is 4.20. The molecular formula is C9H17N3OS. The fraction of sp³-hybridized carbons (Fsp3) is 0.667. The molecule has 14 heavy (non-hydrogen) atoms. The Morgan fingerprint density at radius 2 is 2.29 bits per heavy atom. The lowest BCUT2D eigenvalue weighted by atomic mass is 10.1. The van der Waals surface area contributed by atoms with Gasteiger partial charge in [-0.1, -0.05) is 6.92 Å². The summed E-state index contributed by atoms with van der Waals surface area (Å²) >= 11 is 1.34. The summed E-state index contributed by atoms with van der Waals surface area (Å²) in [6, 6.07) is 0.0264. The number of anilines is 2. The number of rotatable bonds is 4. The van der Waals surface area contributed by atoms with Gasteiger partial charge >= 0.3 is 0 Å². The molecule has 0 saturated heterocycles. The third-order valence-corrected chi connectivity index (χ3v) is 3.21. The second kappa shape index (κ2) is 4.61. The number of nitrogen functional groups attached to an aromatic ring is 1. The number of nitrogens with one attached hydrogen (secondary N) is 1. The van der Waals surface area contributed by atoms with E-state index in [1.807, 2.05) is 20.8 Å². The van der Waals surface area contributed by atoms with Crippen molar-refractivity contribution in [1.29, 1.82) is 0 Å². The van der Waals surface area contributed by atoms with Gasteiger partial charge < -0.3 is 16.2 Å². The summed E-state index contributed by atoms with van der Waals surface area (Å²) in [6.07, 6.45) is 0.402. The van der Waals surface area contributed by atoms with Crippen molar-refractivity contribution < 1.29 is 5.11 Å². The van der Waals surface area contributed by atoms with Crippen LogP contribution < -0.4 is 11.1 Å². The third kappa shape index (κ3) is 2.36. The van der Waals surface area contributed by atoms with Crippen LogP contribution in [0.5, 0.6) is 0 Å². The fourth-order valence-corrected chi connectivity index (χ4v) is 1.95. The first-order valence-corrected chi connectivity index (χ1v) is 5.50.